The zero-order chi connectivity index (χ0) is 11.3. The molecule has 0 aromatic carbocycles. The van der Waals surface area contributed by atoms with Crippen LogP contribution < -0.4 is 5.32 Å². The van der Waals surface area contributed by atoms with Gasteiger partial charge in [0.05, 0.1) is 17.5 Å². The molecule has 0 aromatic rings. The quantitative estimate of drug-likeness (QED) is 0.549. The molecule has 6 heteroatoms. The minimum absolute atomic E-state index is 0.0340. The molecule has 4 nitrogen and oxygen atoms in total. The number of thioether (sulfide) groups is 1. The topological polar surface area (TPSA) is 63.2 Å². The van der Waals surface area contributed by atoms with Crippen molar-refractivity contribution in [2.24, 2.45) is 0 Å². The zero-order valence-electron chi connectivity index (χ0n) is 8.81. The van der Waals surface area contributed by atoms with E-state index in [1.54, 1.807) is 11.8 Å². The van der Waals surface area contributed by atoms with Crippen LogP contribution in [0.4, 0.5) is 0 Å². The molecule has 1 aliphatic rings. The highest BCUT2D eigenvalue weighted by molar-refractivity contribution is 8.01. The van der Waals surface area contributed by atoms with Gasteiger partial charge in [-0.3, -0.25) is 4.79 Å². The number of unbranched alkanes of at least 4 members (excludes halogenated alkanes) is 1. The second-order valence-electron chi connectivity index (χ2n) is 3.73. The van der Waals surface area contributed by atoms with Crippen LogP contribution in [0.2, 0.25) is 0 Å². The van der Waals surface area contributed by atoms with E-state index in [1.165, 1.54) is 0 Å². The summed E-state index contributed by atoms with van der Waals surface area (Å²) in [5, 5.41) is 2.63. The lowest BCUT2D eigenvalue weighted by atomic mass is 10.3. The lowest BCUT2D eigenvalue weighted by Gasteiger charge is -2.16. The Morgan fingerprint density at radius 1 is 1.47 bits per heavy atom. The van der Waals surface area contributed by atoms with Crippen molar-refractivity contribution in [1.82, 2.24) is 5.32 Å². The van der Waals surface area contributed by atoms with E-state index in [4.69, 9.17) is 0 Å². The summed E-state index contributed by atoms with van der Waals surface area (Å²) >= 11 is 1.66. The van der Waals surface area contributed by atoms with Crippen molar-refractivity contribution in [3.05, 3.63) is 0 Å². The molecule has 1 N–H and O–H groups in total. The van der Waals surface area contributed by atoms with Gasteiger partial charge in [0, 0.05) is 5.25 Å². The molecule has 1 saturated heterocycles. The Morgan fingerprint density at radius 3 is 2.80 bits per heavy atom. The van der Waals surface area contributed by atoms with E-state index in [9.17, 15) is 13.2 Å². The summed E-state index contributed by atoms with van der Waals surface area (Å²) in [5.74, 6) is 1.26. The predicted molar refractivity (Wildman–Crippen MR) is 62.8 cm³/mol. The van der Waals surface area contributed by atoms with Crippen LogP contribution in [0.1, 0.15) is 19.8 Å². The molecule has 0 aliphatic carbocycles. The molecule has 0 spiro atoms. The summed E-state index contributed by atoms with van der Waals surface area (Å²) in [6.45, 7) is 2.10. The van der Waals surface area contributed by atoms with Crippen LogP contribution in [-0.4, -0.2) is 43.4 Å². The lowest BCUT2D eigenvalue weighted by Crippen LogP contribution is -2.36. The molecular weight excluding hydrogens is 234 g/mol. The van der Waals surface area contributed by atoms with Gasteiger partial charge in [0.2, 0.25) is 6.41 Å². The monoisotopic (exact) mass is 251 g/mol. The Balaban J connectivity index is 2.49. The molecule has 15 heavy (non-hydrogen) atoms. The Hall–Kier alpha value is -0.230. The van der Waals surface area contributed by atoms with Crippen molar-refractivity contribution >= 4 is 28.0 Å². The molecule has 0 saturated carbocycles. The van der Waals surface area contributed by atoms with Crippen LogP contribution in [0, 0.1) is 0 Å². The van der Waals surface area contributed by atoms with Crippen LogP contribution in [0.25, 0.3) is 0 Å². The van der Waals surface area contributed by atoms with Crippen LogP contribution in [0.3, 0.4) is 0 Å². The number of amides is 1. The van der Waals surface area contributed by atoms with Gasteiger partial charge in [0.15, 0.2) is 9.84 Å². The predicted octanol–water partition coefficient (Wildman–Crippen LogP) is 0.431. The number of hydrogen-bond acceptors (Lipinski definition) is 4. The van der Waals surface area contributed by atoms with E-state index in [0.717, 1.165) is 18.6 Å². The third kappa shape index (κ3) is 4.03. The Morgan fingerprint density at radius 2 is 2.20 bits per heavy atom. The van der Waals surface area contributed by atoms with Crippen molar-refractivity contribution in [2.75, 3.05) is 17.3 Å². The highest BCUT2D eigenvalue weighted by atomic mass is 32.2. The van der Waals surface area contributed by atoms with Gasteiger partial charge in [0.1, 0.15) is 0 Å². The number of rotatable bonds is 6. The highest BCUT2D eigenvalue weighted by Gasteiger charge is 2.37. The van der Waals surface area contributed by atoms with Gasteiger partial charge in [-0.05, 0) is 12.2 Å². The maximum absolute atomic E-state index is 11.4. The van der Waals surface area contributed by atoms with Crippen LogP contribution in [0.15, 0.2) is 0 Å². The average Bonchev–Trinajstić information content (AvgIpc) is 2.42. The molecular formula is C9H17NO3S2. The molecule has 1 fully saturated rings. The minimum Gasteiger partial charge on any atom is -0.354 e. The summed E-state index contributed by atoms with van der Waals surface area (Å²) in [6, 6.07) is -0.200. The first-order valence-electron chi connectivity index (χ1n) is 5.11. The third-order valence-electron chi connectivity index (χ3n) is 2.41. The Bertz CT molecular complexity index is 302. The second-order valence-corrected chi connectivity index (χ2v) is 7.23. The van der Waals surface area contributed by atoms with Crippen molar-refractivity contribution < 1.29 is 13.2 Å². The van der Waals surface area contributed by atoms with Crippen molar-refractivity contribution in [3.8, 4) is 0 Å². The summed E-state index contributed by atoms with van der Waals surface area (Å²) in [6.07, 6.45) is 2.80. The number of nitrogens with one attached hydrogen (secondary N) is 1. The molecule has 0 unspecified atom stereocenters. The lowest BCUT2D eigenvalue weighted by molar-refractivity contribution is -0.110. The molecule has 1 amide bonds. The average molecular weight is 251 g/mol. The van der Waals surface area contributed by atoms with Crippen LogP contribution in [-0.2, 0) is 14.6 Å². The van der Waals surface area contributed by atoms with E-state index in [2.05, 4.69) is 12.2 Å². The van der Waals surface area contributed by atoms with Crippen molar-refractivity contribution in [3.63, 3.8) is 0 Å². The first kappa shape index (κ1) is 12.8. The summed E-state index contributed by atoms with van der Waals surface area (Å²) in [4.78, 5) is 10.3. The zero-order valence-corrected chi connectivity index (χ0v) is 10.4. The molecule has 1 heterocycles. The largest absolute Gasteiger partial charge is 0.354 e. The fraction of sp³-hybridized carbons (Fsp3) is 0.889. The van der Waals surface area contributed by atoms with Gasteiger partial charge in [-0.1, -0.05) is 13.3 Å². The maximum atomic E-state index is 11.4. The standard InChI is InChI=1S/C9H17NO3S2/c1-2-3-4-14-9-6-15(12,13)5-8(9)10-7-11/h7-9H,2-6H2,1H3,(H,10,11)/t8-,9-/m0/s1. The molecule has 2 atom stereocenters. The van der Waals surface area contributed by atoms with Gasteiger partial charge < -0.3 is 5.32 Å². The van der Waals surface area contributed by atoms with Gasteiger partial charge in [-0.25, -0.2) is 8.42 Å². The van der Waals surface area contributed by atoms with Crippen molar-refractivity contribution in [2.45, 2.75) is 31.1 Å². The summed E-state index contributed by atoms with van der Waals surface area (Å²) < 4.78 is 22.8. The van der Waals surface area contributed by atoms with Gasteiger partial charge in [-0.2, -0.15) is 11.8 Å². The fourth-order valence-electron chi connectivity index (χ4n) is 1.60. The van der Waals surface area contributed by atoms with Gasteiger partial charge in [0.25, 0.3) is 0 Å². The fourth-order valence-corrected chi connectivity index (χ4v) is 5.64. The van der Waals surface area contributed by atoms with E-state index < -0.39 is 9.84 Å². The molecule has 88 valence electrons. The first-order valence-corrected chi connectivity index (χ1v) is 7.98. The molecule has 1 aliphatic heterocycles. The third-order valence-corrected chi connectivity index (χ3v) is 5.81. The summed E-state index contributed by atoms with van der Waals surface area (Å²) in [7, 11) is -2.95. The second kappa shape index (κ2) is 5.75. The van der Waals surface area contributed by atoms with Gasteiger partial charge >= 0.3 is 0 Å². The van der Waals surface area contributed by atoms with E-state index in [-0.39, 0.29) is 22.8 Å². The van der Waals surface area contributed by atoms with E-state index >= 15 is 0 Å². The Kier molecular flexibility index (Phi) is 4.92. The molecule has 1 rings (SSSR count). The highest BCUT2D eigenvalue weighted by Crippen LogP contribution is 2.25. The van der Waals surface area contributed by atoms with Crippen LogP contribution in [0.5, 0.6) is 0 Å². The SMILES string of the molecule is CCCCS[C@H]1CS(=O)(=O)C[C@@H]1NC=O. The van der Waals surface area contributed by atoms with E-state index in [1.807, 2.05) is 0 Å². The number of hydrogen-bond donors (Lipinski definition) is 1. The van der Waals surface area contributed by atoms with Gasteiger partial charge in [-0.15, -0.1) is 0 Å². The minimum atomic E-state index is -2.95. The summed E-state index contributed by atoms with van der Waals surface area (Å²) in [5.41, 5.74) is 0. The number of carbonyl (C=O) groups excluding carboxylic acids is 1. The smallest absolute Gasteiger partial charge is 0.207 e. The molecule has 0 bridgehead atoms. The van der Waals surface area contributed by atoms with Crippen molar-refractivity contribution in [1.29, 1.82) is 0 Å². The molecule has 0 aromatic heterocycles. The molecule has 0 radical (unpaired) electrons. The maximum Gasteiger partial charge on any atom is 0.207 e. The first-order chi connectivity index (χ1) is 7.09. The van der Waals surface area contributed by atoms with E-state index in [0.29, 0.717) is 6.41 Å². The number of sulfone groups is 1. The number of carbonyl (C=O) groups is 1. The Labute approximate surface area is 95.1 Å². The normalized spacial score (nSPS) is 28.9. The van der Waals surface area contributed by atoms with Crippen LogP contribution >= 0.6 is 11.8 Å².